The van der Waals surface area contributed by atoms with Gasteiger partial charge < -0.3 is 29.4 Å². The number of aliphatic hydroxyl groups excluding tert-OH is 1. The van der Waals surface area contributed by atoms with E-state index in [2.05, 4.69) is 5.32 Å². The Morgan fingerprint density at radius 3 is 2.42 bits per heavy atom. The minimum absolute atomic E-state index is 0.0236. The number of aliphatic hydroxyl groups is 1. The van der Waals surface area contributed by atoms with Crippen LogP contribution in [0.15, 0.2) is 36.4 Å². The first-order valence-electron chi connectivity index (χ1n) is 11.2. The van der Waals surface area contributed by atoms with Gasteiger partial charge in [-0.3, -0.25) is 4.79 Å². The van der Waals surface area contributed by atoms with Crippen LogP contribution in [0.3, 0.4) is 0 Å². The van der Waals surface area contributed by atoms with Crippen LogP contribution in [0, 0.1) is 0 Å². The van der Waals surface area contributed by atoms with Gasteiger partial charge in [-0.15, -0.1) is 0 Å². The first-order valence-corrected chi connectivity index (χ1v) is 11.6. The zero-order valence-corrected chi connectivity index (χ0v) is 19.9. The molecule has 3 rings (SSSR count). The molecular formula is C25H32ClNO6. The second-order valence-electron chi connectivity index (χ2n) is 8.07. The van der Waals surface area contributed by atoms with Gasteiger partial charge >= 0.3 is 0 Å². The van der Waals surface area contributed by atoms with E-state index >= 15 is 0 Å². The van der Waals surface area contributed by atoms with Crippen molar-refractivity contribution in [2.75, 3.05) is 34.0 Å². The summed E-state index contributed by atoms with van der Waals surface area (Å²) in [4.78, 5) is 12.3. The molecule has 0 heterocycles. The number of methoxy groups -OCH3 is 2. The minimum atomic E-state index is -0.920. The summed E-state index contributed by atoms with van der Waals surface area (Å²) in [5, 5.41) is 13.6. The van der Waals surface area contributed by atoms with Crippen LogP contribution < -0.4 is 24.3 Å². The highest BCUT2D eigenvalue weighted by atomic mass is 35.5. The molecule has 0 aliphatic heterocycles. The highest BCUT2D eigenvalue weighted by Gasteiger charge is 2.20. The summed E-state index contributed by atoms with van der Waals surface area (Å²) < 4.78 is 22.0. The maximum absolute atomic E-state index is 12.3. The molecule has 1 unspecified atom stereocenters. The first-order chi connectivity index (χ1) is 16.0. The van der Waals surface area contributed by atoms with Crippen LogP contribution in [0.5, 0.6) is 23.0 Å². The summed E-state index contributed by atoms with van der Waals surface area (Å²) in [5.74, 6) is 2.16. The topological polar surface area (TPSA) is 86.3 Å². The van der Waals surface area contributed by atoms with Crippen molar-refractivity contribution in [3.05, 3.63) is 47.0 Å². The van der Waals surface area contributed by atoms with E-state index in [0.717, 1.165) is 18.4 Å². The predicted octanol–water partition coefficient (Wildman–Crippen LogP) is 4.34. The normalized spacial score (nSPS) is 14.9. The van der Waals surface area contributed by atoms with Crippen molar-refractivity contribution < 1.29 is 28.8 Å². The van der Waals surface area contributed by atoms with Crippen LogP contribution in [-0.4, -0.2) is 51.1 Å². The molecular weight excluding hydrogens is 446 g/mol. The Kier molecular flexibility index (Phi) is 9.51. The fourth-order valence-corrected chi connectivity index (χ4v) is 4.19. The summed E-state index contributed by atoms with van der Waals surface area (Å²) in [5.41, 5.74) is 1.06. The molecule has 1 aliphatic rings. The highest BCUT2D eigenvalue weighted by molar-refractivity contribution is 6.30. The lowest BCUT2D eigenvalue weighted by molar-refractivity contribution is -0.123. The lowest BCUT2D eigenvalue weighted by Gasteiger charge is -2.24. The summed E-state index contributed by atoms with van der Waals surface area (Å²) >= 11 is 6.21. The molecule has 1 saturated carbocycles. The average Bonchev–Trinajstić information content (AvgIpc) is 2.85. The molecule has 7 nitrogen and oxygen atoms in total. The number of hydrogen-bond acceptors (Lipinski definition) is 6. The highest BCUT2D eigenvalue weighted by Crippen LogP contribution is 2.39. The van der Waals surface area contributed by atoms with Gasteiger partial charge in [0.25, 0.3) is 5.91 Å². The number of ether oxygens (including phenoxy) is 4. The van der Waals surface area contributed by atoms with E-state index in [1.54, 1.807) is 24.3 Å². The summed E-state index contributed by atoms with van der Waals surface area (Å²) in [6.07, 6.45) is 4.93. The van der Waals surface area contributed by atoms with Crippen molar-refractivity contribution in [2.45, 2.75) is 44.1 Å². The van der Waals surface area contributed by atoms with Crippen molar-refractivity contribution in [1.29, 1.82) is 0 Å². The second kappa shape index (κ2) is 12.6. The number of para-hydroxylation sites is 1. The Morgan fingerprint density at radius 2 is 1.76 bits per heavy atom. The molecule has 2 aromatic rings. The largest absolute Gasteiger partial charge is 0.493 e. The van der Waals surface area contributed by atoms with Gasteiger partial charge in [0.2, 0.25) is 5.75 Å². The van der Waals surface area contributed by atoms with Gasteiger partial charge in [0.15, 0.2) is 18.1 Å². The van der Waals surface area contributed by atoms with Crippen molar-refractivity contribution in [3.8, 4) is 23.0 Å². The Hall–Kier alpha value is -2.64. The molecule has 0 spiro atoms. The van der Waals surface area contributed by atoms with E-state index in [0.29, 0.717) is 33.9 Å². The third-order valence-electron chi connectivity index (χ3n) is 5.71. The number of halogens is 1. The fraction of sp³-hybridized carbons (Fsp3) is 0.480. The number of hydrogen-bond donors (Lipinski definition) is 2. The summed E-state index contributed by atoms with van der Waals surface area (Å²) in [6.45, 7) is -0.161. The van der Waals surface area contributed by atoms with Crippen LogP contribution in [0.4, 0.5) is 0 Å². The maximum Gasteiger partial charge on any atom is 0.258 e. The van der Waals surface area contributed by atoms with Crippen LogP contribution in [0.2, 0.25) is 5.02 Å². The molecule has 0 radical (unpaired) electrons. The molecule has 8 heteroatoms. The SMILES string of the molecule is COc1cccc(OC)c1OCC(O)CNC(=O)COc1ccc(Cl)cc1C1CCCCC1. The van der Waals surface area contributed by atoms with E-state index in [4.69, 9.17) is 30.5 Å². The molecule has 180 valence electrons. The molecule has 0 saturated heterocycles. The zero-order valence-electron chi connectivity index (χ0n) is 19.1. The van der Waals surface area contributed by atoms with Crippen LogP contribution in [-0.2, 0) is 4.79 Å². The number of rotatable bonds is 11. The molecule has 2 aromatic carbocycles. The standard InChI is InChI=1S/C25H32ClNO6/c1-30-22-9-6-10-23(31-2)25(22)33-15-19(28)14-27-24(29)16-32-21-12-11-18(26)13-20(21)17-7-4-3-5-8-17/h6,9-13,17,19,28H,3-5,7-8,14-16H2,1-2H3,(H,27,29). The van der Waals surface area contributed by atoms with Crippen molar-refractivity contribution in [3.63, 3.8) is 0 Å². The van der Waals surface area contributed by atoms with E-state index in [9.17, 15) is 9.90 Å². The minimum Gasteiger partial charge on any atom is -0.493 e. The van der Waals surface area contributed by atoms with E-state index in [1.807, 2.05) is 12.1 Å². The molecule has 0 aromatic heterocycles. The number of benzene rings is 2. The van der Waals surface area contributed by atoms with Crippen molar-refractivity contribution in [2.24, 2.45) is 0 Å². The quantitative estimate of drug-likeness (QED) is 0.500. The molecule has 1 fully saturated rings. The summed E-state index contributed by atoms with van der Waals surface area (Å²) in [7, 11) is 3.05. The van der Waals surface area contributed by atoms with Gasteiger partial charge in [-0.1, -0.05) is 36.9 Å². The third-order valence-corrected chi connectivity index (χ3v) is 5.95. The van der Waals surface area contributed by atoms with Gasteiger partial charge in [0, 0.05) is 11.6 Å². The lowest BCUT2D eigenvalue weighted by Crippen LogP contribution is -2.37. The number of nitrogens with one attached hydrogen (secondary N) is 1. The Labute approximate surface area is 199 Å². The molecule has 0 bridgehead atoms. The molecule has 2 N–H and O–H groups in total. The van der Waals surface area contributed by atoms with Crippen LogP contribution >= 0.6 is 11.6 Å². The number of carbonyl (C=O) groups excluding carboxylic acids is 1. The second-order valence-corrected chi connectivity index (χ2v) is 8.50. The third kappa shape index (κ3) is 7.17. The molecule has 1 aliphatic carbocycles. The average molecular weight is 478 g/mol. The van der Waals surface area contributed by atoms with Gasteiger partial charge in [0.1, 0.15) is 18.5 Å². The van der Waals surface area contributed by atoms with Crippen molar-refractivity contribution >= 4 is 17.5 Å². The van der Waals surface area contributed by atoms with Crippen molar-refractivity contribution in [1.82, 2.24) is 5.32 Å². The van der Waals surface area contributed by atoms with Gasteiger partial charge in [-0.05, 0) is 54.7 Å². The van der Waals surface area contributed by atoms with Crippen LogP contribution in [0.1, 0.15) is 43.6 Å². The Bertz CT molecular complexity index is 894. The zero-order chi connectivity index (χ0) is 23.6. The van der Waals surface area contributed by atoms with Gasteiger partial charge in [-0.2, -0.15) is 0 Å². The Morgan fingerprint density at radius 1 is 1.06 bits per heavy atom. The van der Waals surface area contributed by atoms with E-state index < -0.39 is 6.10 Å². The molecule has 33 heavy (non-hydrogen) atoms. The van der Waals surface area contributed by atoms with Gasteiger partial charge in [-0.25, -0.2) is 0 Å². The smallest absolute Gasteiger partial charge is 0.258 e. The van der Waals surface area contributed by atoms with Crippen LogP contribution in [0.25, 0.3) is 0 Å². The molecule has 1 atom stereocenters. The predicted molar refractivity (Wildman–Crippen MR) is 127 cm³/mol. The molecule has 1 amide bonds. The van der Waals surface area contributed by atoms with E-state index in [1.165, 1.54) is 33.5 Å². The monoisotopic (exact) mass is 477 g/mol. The fourth-order valence-electron chi connectivity index (χ4n) is 4.01. The lowest BCUT2D eigenvalue weighted by atomic mass is 9.84. The number of carbonyl (C=O) groups is 1. The summed E-state index contributed by atoms with van der Waals surface area (Å²) in [6, 6.07) is 10.8. The Balaban J connectivity index is 1.47. The van der Waals surface area contributed by atoms with Gasteiger partial charge in [0.05, 0.1) is 14.2 Å². The number of amides is 1. The maximum atomic E-state index is 12.3. The first kappa shape index (κ1) is 25.0. The van der Waals surface area contributed by atoms with E-state index in [-0.39, 0.29) is 25.7 Å².